The van der Waals surface area contributed by atoms with Crippen molar-refractivity contribution in [2.45, 2.75) is 6.42 Å². The lowest BCUT2D eigenvalue weighted by molar-refractivity contribution is -0.115. The molecule has 4 heteroatoms. The highest BCUT2D eigenvalue weighted by molar-refractivity contribution is 5.99. The Morgan fingerprint density at radius 1 is 1.04 bits per heavy atom. The molecule has 0 atom stereocenters. The van der Waals surface area contributed by atoms with Gasteiger partial charge in [-0.1, -0.05) is 30.3 Å². The van der Waals surface area contributed by atoms with E-state index in [0.29, 0.717) is 17.7 Å². The zero-order chi connectivity index (χ0) is 15.8. The third kappa shape index (κ3) is 2.52. The molecule has 0 aliphatic carbocycles. The van der Waals surface area contributed by atoms with Crippen molar-refractivity contribution in [2.75, 3.05) is 11.9 Å². The lowest BCUT2D eigenvalue weighted by Gasteiger charge is -2.11. The van der Waals surface area contributed by atoms with Crippen LogP contribution in [0.3, 0.4) is 0 Å². The van der Waals surface area contributed by atoms with Crippen molar-refractivity contribution < 1.29 is 9.18 Å². The van der Waals surface area contributed by atoms with Gasteiger partial charge in [0.25, 0.3) is 0 Å². The van der Waals surface area contributed by atoms with Crippen molar-refractivity contribution in [1.82, 2.24) is 5.32 Å². The van der Waals surface area contributed by atoms with Crippen molar-refractivity contribution in [3.05, 3.63) is 71.7 Å². The van der Waals surface area contributed by atoms with E-state index < -0.39 is 0 Å². The fraction of sp³-hybridized carbons (Fsp3) is 0.105. The molecule has 0 spiro atoms. The largest absolute Gasteiger partial charge is 0.387 e. The maximum absolute atomic E-state index is 14.3. The van der Waals surface area contributed by atoms with Gasteiger partial charge < -0.3 is 10.6 Å². The quantitative estimate of drug-likeness (QED) is 0.892. The summed E-state index contributed by atoms with van der Waals surface area (Å²) in [6, 6.07) is 11.0. The Hall–Kier alpha value is -2.88. The molecule has 2 heterocycles. The third-order valence-corrected chi connectivity index (χ3v) is 4.17. The summed E-state index contributed by atoms with van der Waals surface area (Å²) in [5.74, 6) is -0.406. The second kappa shape index (κ2) is 5.39. The highest BCUT2D eigenvalue weighted by atomic mass is 19.1. The van der Waals surface area contributed by atoms with Crippen molar-refractivity contribution >= 4 is 17.2 Å². The van der Waals surface area contributed by atoms with E-state index in [1.165, 1.54) is 6.07 Å². The van der Waals surface area contributed by atoms with Gasteiger partial charge in [0.05, 0.1) is 6.42 Å². The summed E-state index contributed by atoms with van der Waals surface area (Å²) in [7, 11) is 0. The molecule has 2 N–H and O–H groups in total. The van der Waals surface area contributed by atoms with Gasteiger partial charge in [-0.05, 0) is 46.7 Å². The molecule has 2 aromatic carbocycles. The molecular weight excluding hydrogens is 291 g/mol. The van der Waals surface area contributed by atoms with E-state index in [9.17, 15) is 9.18 Å². The molecule has 3 nitrogen and oxygen atoms in total. The first-order valence-electron chi connectivity index (χ1n) is 7.54. The molecule has 0 saturated heterocycles. The van der Waals surface area contributed by atoms with Crippen LogP contribution in [0.4, 0.5) is 10.1 Å². The Bertz CT molecular complexity index is 850. The summed E-state index contributed by atoms with van der Waals surface area (Å²) in [5, 5.41) is 5.79. The van der Waals surface area contributed by atoms with E-state index in [4.69, 9.17) is 0 Å². The number of hydrogen-bond donors (Lipinski definition) is 2. The highest BCUT2D eigenvalue weighted by Crippen LogP contribution is 2.32. The molecule has 23 heavy (non-hydrogen) atoms. The zero-order valence-corrected chi connectivity index (χ0v) is 12.4. The molecule has 0 radical (unpaired) electrons. The fourth-order valence-corrected chi connectivity index (χ4v) is 2.98. The Balaban J connectivity index is 1.69. The first-order valence-corrected chi connectivity index (χ1v) is 7.54. The van der Waals surface area contributed by atoms with Crippen molar-refractivity contribution in [1.29, 1.82) is 0 Å². The number of amides is 1. The first-order chi connectivity index (χ1) is 11.2. The second-order valence-electron chi connectivity index (χ2n) is 5.69. The number of carbonyl (C=O) groups is 1. The van der Waals surface area contributed by atoms with Gasteiger partial charge >= 0.3 is 0 Å². The van der Waals surface area contributed by atoms with Crippen molar-refractivity contribution in [3.63, 3.8) is 0 Å². The van der Waals surface area contributed by atoms with E-state index in [-0.39, 0.29) is 11.7 Å². The van der Waals surface area contributed by atoms with Gasteiger partial charge in [-0.15, -0.1) is 0 Å². The summed E-state index contributed by atoms with van der Waals surface area (Å²) in [6.07, 6.45) is 6.37. The fourth-order valence-electron chi connectivity index (χ4n) is 2.98. The number of dihydropyridines is 1. The Kier molecular flexibility index (Phi) is 3.23. The molecular formula is C19H15FN2O. The van der Waals surface area contributed by atoms with Crippen LogP contribution in [0.5, 0.6) is 0 Å². The van der Waals surface area contributed by atoms with E-state index in [1.54, 1.807) is 6.07 Å². The highest BCUT2D eigenvalue weighted by Gasteiger charge is 2.20. The molecule has 0 fully saturated rings. The van der Waals surface area contributed by atoms with Gasteiger partial charge in [-0.25, -0.2) is 4.39 Å². The molecule has 114 valence electrons. The van der Waals surface area contributed by atoms with Gasteiger partial charge in [0.1, 0.15) is 5.82 Å². The minimum atomic E-state index is -0.320. The van der Waals surface area contributed by atoms with Crippen LogP contribution in [0.15, 0.2) is 54.8 Å². The average molecular weight is 306 g/mol. The van der Waals surface area contributed by atoms with Crippen LogP contribution in [0.25, 0.3) is 16.7 Å². The number of fused-ring (bicyclic) bond motifs is 1. The second-order valence-corrected chi connectivity index (χ2v) is 5.69. The number of anilines is 1. The van der Waals surface area contributed by atoms with Crippen LogP contribution in [0, 0.1) is 5.82 Å². The van der Waals surface area contributed by atoms with E-state index in [1.807, 2.05) is 36.5 Å². The van der Waals surface area contributed by atoms with Gasteiger partial charge in [-0.2, -0.15) is 0 Å². The molecule has 1 amide bonds. The topological polar surface area (TPSA) is 41.1 Å². The minimum absolute atomic E-state index is 0.0865. The Morgan fingerprint density at radius 2 is 1.83 bits per heavy atom. The first kappa shape index (κ1) is 13.8. The van der Waals surface area contributed by atoms with E-state index in [2.05, 4.69) is 16.7 Å². The van der Waals surface area contributed by atoms with Gasteiger partial charge in [0.2, 0.25) is 5.91 Å². The Morgan fingerprint density at radius 3 is 2.57 bits per heavy atom. The predicted octanol–water partition coefficient (Wildman–Crippen LogP) is 3.49. The maximum Gasteiger partial charge on any atom is 0.228 e. The van der Waals surface area contributed by atoms with Crippen LogP contribution >= 0.6 is 0 Å². The number of rotatable bonds is 2. The lowest BCUT2D eigenvalue weighted by atomic mass is 9.97. The number of nitrogens with one attached hydrogen (secondary N) is 2. The van der Waals surface area contributed by atoms with Gasteiger partial charge in [-0.3, -0.25) is 4.79 Å². The molecule has 4 rings (SSSR count). The predicted molar refractivity (Wildman–Crippen MR) is 89.3 cm³/mol. The zero-order valence-electron chi connectivity index (χ0n) is 12.4. The number of benzene rings is 2. The molecule has 0 aromatic heterocycles. The van der Waals surface area contributed by atoms with Crippen LogP contribution in [0.2, 0.25) is 0 Å². The van der Waals surface area contributed by atoms with E-state index in [0.717, 1.165) is 28.8 Å². The molecule has 2 aromatic rings. The number of hydrogen-bond acceptors (Lipinski definition) is 2. The normalized spacial score (nSPS) is 15.7. The molecule has 0 bridgehead atoms. The molecule has 0 unspecified atom stereocenters. The molecule has 0 saturated carbocycles. The summed E-state index contributed by atoms with van der Waals surface area (Å²) < 4.78 is 14.3. The maximum atomic E-state index is 14.3. The summed E-state index contributed by atoms with van der Waals surface area (Å²) in [4.78, 5) is 11.4. The summed E-state index contributed by atoms with van der Waals surface area (Å²) in [6.45, 7) is 0.814. The van der Waals surface area contributed by atoms with Crippen LogP contribution in [-0.2, 0) is 11.2 Å². The SMILES string of the molecule is O=C1Cc2cc(-c3ccc(C4=CCNC=C4)cc3)c(F)cc2N1. The summed E-state index contributed by atoms with van der Waals surface area (Å²) >= 11 is 0. The number of allylic oxidation sites excluding steroid dienone is 2. The number of carbonyl (C=O) groups excluding carboxylic acids is 1. The van der Waals surface area contributed by atoms with Crippen LogP contribution in [-0.4, -0.2) is 12.5 Å². The smallest absolute Gasteiger partial charge is 0.228 e. The average Bonchev–Trinajstić information content (AvgIpc) is 2.94. The summed E-state index contributed by atoms with van der Waals surface area (Å²) in [5.41, 5.74) is 5.02. The van der Waals surface area contributed by atoms with Crippen molar-refractivity contribution in [3.8, 4) is 11.1 Å². The van der Waals surface area contributed by atoms with Crippen molar-refractivity contribution in [2.24, 2.45) is 0 Å². The monoisotopic (exact) mass is 306 g/mol. The van der Waals surface area contributed by atoms with Gasteiger partial charge in [0.15, 0.2) is 0 Å². The van der Waals surface area contributed by atoms with Crippen LogP contribution < -0.4 is 10.6 Å². The lowest BCUT2D eigenvalue weighted by Crippen LogP contribution is -2.08. The molecule has 2 aliphatic heterocycles. The standard InChI is InChI=1S/C19H15FN2O/c20-17-11-18-15(10-19(23)22-18)9-16(17)14-3-1-12(2-4-14)13-5-7-21-8-6-13/h1-7,9,11,21H,8,10H2,(H,22,23). The van der Waals surface area contributed by atoms with Crippen LogP contribution in [0.1, 0.15) is 11.1 Å². The van der Waals surface area contributed by atoms with Gasteiger partial charge in [0, 0.05) is 17.8 Å². The molecule has 2 aliphatic rings. The minimum Gasteiger partial charge on any atom is -0.387 e. The number of halogens is 1. The third-order valence-electron chi connectivity index (χ3n) is 4.17. The Labute approximate surface area is 133 Å². The van der Waals surface area contributed by atoms with E-state index >= 15 is 0 Å².